The number of ether oxygens (including phenoxy) is 1. The van der Waals surface area contributed by atoms with E-state index in [0.717, 1.165) is 27.7 Å². The summed E-state index contributed by atoms with van der Waals surface area (Å²) in [5.74, 6) is 0.729. The SMILES string of the molecule is COc1ccc(C)c(NC(=O)c2cc3c(C)cc(C)cc3o2)c1. The molecule has 0 saturated carbocycles. The summed E-state index contributed by atoms with van der Waals surface area (Å²) in [6.45, 7) is 5.95. The Balaban J connectivity index is 1.93. The molecular formula is C19H19NO3. The molecule has 4 nitrogen and oxygen atoms in total. The minimum Gasteiger partial charge on any atom is -0.497 e. The number of hydrogen-bond acceptors (Lipinski definition) is 3. The van der Waals surface area contributed by atoms with Crippen LogP contribution in [-0.2, 0) is 0 Å². The summed E-state index contributed by atoms with van der Waals surface area (Å²) >= 11 is 0. The number of nitrogens with one attached hydrogen (secondary N) is 1. The lowest BCUT2D eigenvalue weighted by atomic mass is 10.1. The Morgan fingerprint density at radius 1 is 1.04 bits per heavy atom. The summed E-state index contributed by atoms with van der Waals surface area (Å²) < 4.78 is 10.9. The first kappa shape index (κ1) is 15.2. The van der Waals surface area contributed by atoms with Crippen LogP contribution in [0.3, 0.4) is 0 Å². The van der Waals surface area contributed by atoms with E-state index >= 15 is 0 Å². The minimum atomic E-state index is -0.269. The number of benzene rings is 2. The monoisotopic (exact) mass is 309 g/mol. The number of hydrogen-bond donors (Lipinski definition) is 1. The van der Waals surface area contributed by atoms with Crippen LogP contribution < -0.4 is 10.1 Å². The molecule has 4 heteroatoms. The lowest BCUT2D eigenvalue weighted by Crippen LogP contribution is -2.11. The molecule has 23 heavy (non-hydrogen) atoms. The van der Waals surface area contributed by atoms with Gasteiger partial charge in [0.1, 0.15) is 11.3 Å². The molecule has 0 radical (unpaired) electrons. The van der Waals surface area contributed by atoms with Crippen molar-refractivity contribution in [3.63, 3.8) is 0 Å². The maximum Gasteiger partial charge on any atom is 0.291 e. The van der Waals surface area contributed by atoms with E-state index in [1.54, 1.807) is 19.2 Å². The third kappa shape index (κ3) is 2.93. The van der Waals surface area contributed by atoms with Crippen LogP contribution in [-0.4, -0.2) is 13.0 Å². The van der Waals surface area contributed by atoms with E-state index in [4.69, 9.17) is 9.15 Å². The van der Waals surface area contributed by atoms with E-state index < -0.39 is 0 Å². The molecule has 2 aromatic carbocycles. The highest BCUT2D eigenvalue weighted by molar-refractivity contribution is 6.05. The lowest BCUT2D eigenvalue weighted by molar-refractivity contribution is 0.0998. The minimum absolute atomic E-state index is 0.269. The van der Waals surface area contributed by atoms with Crippen LogP contribution in [0, 0.1) is 20.8 Å². The van der Waals surface area contributed by atoms with Crippen molar-refractivity contribution >= 4 is 22.6 Å². The van der Waals surface area contributed by atoms with Gasteiger partial charge >= 0.3 is 0 Å². The molecule has 3 rings (SSSR count). The highest BCUT2D eigenvalue weighted by Crippen LogP contribution is 2.26. The largest absolute Gasteiger partial charge is 0.497 e. The van der Waals surface area contributed by atoms with Gasteiger partial charge in [-0.25, -0.2) is 0 Å². The molecule has 1 amide bonds. The molecule has 0 atom stereocenters. The second-order valence-electron chi connectivity index (χ2n) is 5.74. The average Bonchev–Trinajstić information content (AvgIpc) is 2.93. The smallest absolute Gasteiger partial charge is 0.291 e. The Labute approximate surface area is 135 Å². The zero-order valence-corrected chi connectivity index (χ0v) is 13.7. The number of aryl methyl sites for hydroxylation is 3. The summed E-state index contributed by atoms with van der Waals surface area (Å²) in [6.07, 6.45) is 0. The first-order valence-corrected chi connectivity index (χ1v) is 7.44. The molecule has 0 bridgehead atoms. The topological polar surface area (TPSA) is 51.5 Å². The van der Waals surface area contributed by atoms with Gasteiger partial charge < -0.3 is 14.5 Å². The van der Waals surface area contributed by atoms with Gasteiger partial charge in [0.15, 0.2) is 5.76 Å². The maximum atomic E-state index is 12.5. The van der Waals surface area contributed by atoms with E-state index in [1.807, 2.05) is 39.0 Å². The highest BCUT2D eigenvalue weighted by atomic mass is 16.5. The van der Waals surface area contributed by atoms with Crippen molar-refractivity contribution in [2.24, 2.45) is 0 Å². The van der Waals surface area contributed by atoms with E-state index in [0.29, 0.717) is 17.2 Å². The molecular weight excluding hydrogens is 290 g/mol. The fourth-order valence-electron chi connectivity index (χ4n) is 2.65. The number of fused-ring (bicyclic) bond motifs is 1. The van der Waals surface area contributed by atoms with Crippen LogP contribution in [0.1, 0.15) is 27.2 Å². The highest BCUT2D eigenvalue weighted by Gasteiger charge is 2.15. The quantitative estimate of drug-likeness (QED) is 0.768. The third-order valence-electron chi connectivity index (χ3n) is 3.91. The predicted molar refractivity (Wildman–Crippen MR) is 91.4 cm³/mol. The lowest BCUT2D eigenvalue weighted by Gasteiger charge is -2.09. The van der Waals surface area contributed by atoms with Crippen molar-refractivity contribution in [1.29, 1.82) is 0 Å². The van der Waals surface area contributed by atoms with Crippen molar-refractivity contribution < 1.29 is 13.9 Å². The number of rotatable bonds is 3. The number of methoxy groups -OCH3 is 1. The van der Waals surface area contributed by atoms with Crippen LogP contribution in [0.4, 0.5) is 5.69 Å². The Morgan fingerprint density at radius 3 is 2.57 bits per heavy atom. The molecule has 0 aliphatic rings. The molecule has 0 spiro atoms. The van der Waals surface area contributed by atoms with Crippen molar-refractivity contribution in [2.75, 3.05) is 12.4 Å². The zero-order valence-electron chi connectivity index (χ0n) is 13.7. The first-order chi connectivity index (χ1) is 11.0. The molecule has 1 heterocycles. The zero-order chi connectivity index (χ0) is 16.6. The van der Waals surface area contributed by atoms with Crippen LogP contribution in [0.25, 0.3) is 11.0 Å². The van der Waals surface area contributed by atoms with E-state index in [1.165, 1.54) is 0 Å². The predicted octanol–water partition coefficient (Wildman–Crippen LogP) is 4.62. The molecule has 1 aromatic heterocycles. The molecule has 0 fully saturated rings. The second kappa shape index (κ2) is 5.80. The van der Waals surface area contributed by atoms with E-state index in [2.05, 4.69) is 11.4 Å². The normalized spacial score (nSPS) is 10.8. The van der Waals surface area contributed by atoms with Crippen molar-refractivity contribution in [3.05, 3.63) is 58.8 Å². The van der Waals surface area contributed by atoms with Gasteiger partial charge in [0, 0.05) is 17.1 Å². The fourth-order valence-corrected chi connectivity index (χ4v) is 2.65. The van der Waals surface area contributed by atoms with Crippen LogP contribution >= 0.6 is 0 Å². The van der Waals surface area contributed by atoms with Gasteiger partial charge in [-0.1, -0.05) is 12.1 Å². The van der Waals surface area contributed by atoms with Crippen LogP contribution in [0.2, 0.25) is 0 Å². The van der Waals surface area contributed by atoms with E-state index in [9.17, 15) is 4.79 Å². The van der Waals surface area contributed by atoms with Gasteiger partial charge in [0.05, 0.1) is 7.11 Å². The maximum absolute atomic E-state index is 12.5. The van der Waals surface area contributed by atoms with E-state index in [-0.39, 0.29) is 5.91 Å². The molecule has 1 N–H and O–H groups in total. The van der Waals surface area contributed by atoms with Gasteiger partial charge in [-0.05, 0) is 55.7 Å². The number of anilines is 1. The van der Waals surface area contributed by atoms with Crippen molar-refractivity contribution in [1.82, 2.24) is 0 Å². The second-order valence-corrected chi connectivity index (χ2v) is 5.74. The third-order valence-corrected chi connectivity index (χ3v) is 3.91. The van der Waals surface area contributed by atoms with Crippen LogP contribution in [0.5, 0.6) is 5.75 Å². The number of carbonyl (C=O) groups is 1. The Hall–Kier alpha value is -2.75. The summed E-state index contributed by atoms with van der Waals surface area (Å²) in [6, 6.07) is 11.4. The summed E-state index contributed by atoms with van der Waals surface area (Å²) in [4.78, 5) is 12.5. The molecule has 0 aliphatic heterocycles. The molecule has 3 aromatic rings. The molecule has 0 aliphatic carbocycles. The van der Waals surface area contributed by atoms with Gasteiger partial charge in [0.25, 0.3) is 5.91 Å². The number of furan rings is 1. The van der Waals surface area contributed by atoms with Crippen LogP contribution in [0.15, 0.2) is 40.8 Å². The Bertz CT molecular complexity index is 893. The van der Waals surface area contributed by atoms with Gasteiger partial charge in [-0.2, -0.15) is 0 Å². The Morgan fingerprint density at radius 2 is 1.83 bits per heavy atom. The van der Waals surface area contributed by atoms with Crippen molar-refractivity contribution in [3.8, 4) is 5.75 Å². The molecule has 0 unspecified atom stereocenters. The Kier molecular flexibility index (Phi) is 3.82. The van der Waals surface area contributed by atoms with Crippen molar-refractivity contribution in [2.45, 2.75) is 20.8 Å². The summed E-state index contributed by atoms with van der Waals surface area (Å²) in [7, 11) is 1.60. The number of amides is 1. The van der Waals surface area contributed by atoms with Gasteiger partial charge in [-0.15, -0.1) is 0 Å². The van der Waals surface area contributed by atoms with Gasteiger partial charge in [0.2, 0.25) is 0 Å². The average molecular weight is 309 g/mol. The number of carbonyl (C=O) groups excluding carboxylic acids is 1. The van der Waals surface area contributed by atoms with Gasteiger partial charge in [-0.3, -0.25) is 4.79 Å². The molecule has 0 saturated heterocycles. The molecule has 118 valence electrons. The summed E-state index contributed by atoms with van der Waals surface area (Å²) in [5.41, 5.74) is 4.61. The standard InChI is InChI=1S/C19H19NO3/c1-11-7-13(3)15-10-18(23-17(15)8-11)19(21)20-16-9-14(22-4)6-5-12(16)2/h5-10H,1-4H3,(H,20,21). The summed E-state index contributed by atoms with van der Waals surface area (Å²) in [5, 5.41) is 3.84. The fraction of sp³-hybridized carbons (Fsp3) is 0.211. The first-order valence-electron chi connectivity index (χ1n) is 7.44.